The number of anilines is 1. The zero-order valence-corrected chi connectivity index (χ0v) is 17.2. The molecule has 1 aliphatic rings. The maximum absolute atomic E-state index is 12.9. The van der Waals surface area contributed by atoms with Crippen LogP contribution in [0.15, 0.2) is 65.9 Å². The van der Waals surface area contributed by atoms with E-state index in [4.69, 9.17) is 14.2 Å². The number of nitrogens with one attached hydrogen (secondary N) is 2. The fraction of sp³-hybridized carbons (Fsp3) is 0.174. The summed E-state index contributed by atoms with van der Waals surface area (Å²) in [4.78, 5) is 21.6. The van der Waals surface area contributed by atoms with Gasteiger partial charge in [-0.2, -0.15) is 0 Å². The van der Waals surface area contributed by atoms with Crippen molar-refractivity contribution in [2.75, 3.05) is 19.2 Å². The number of carbonyl (C=O) groups is 1. The molecule has 31 heavy (non-hydrogen) atoms. The van der Waals surface area contributed by atoms with Gasteiger partial charge in [0.05, 0.1) is 19.3 Å². The van der Waals surface area contributed by atoms with Crippen LogP contribution in [0.2, 0.25) is 0 Å². The van der Waals surface area contributed by atoms with Crippen molar-refractivity contribution in [3.05, 3.63) is 77.6 Å². The molecule has 2 aromatic carbocycles. The molecule has 0 radical (unpaired) electrons. The largest absolute Gasteiger partial charge is 0.495 e. The quantitative estimate of drug-likeness (QED) is 0.486. The average molecular weight is 418 g/mol. The summed E-state index contributed by atoms with van der Waals surface area (Å²) in [6, 6.07) is 14.5. The van der Waals surface area contributed by atoms with Crippen LogP contribution < -0.4 is 24.8 Å². The molecule has 8 heteroatoms. The molecule has 0 saturated heterocycles. The number of amides is 1. The molecule has 2 heterocycles. The van der Waals surface area contributed by atoms with Crippen molar-refractivity contribution < 1.29 is 19.0 Å². The highest BCUT2D eigenvalue weighted by atomic mass is 16.7. The van der Waals surface area contributed by atoms with Gasteiger partial charge in [0.25, 0.3) is 5.91 Å². The van der Waals surface area contributed by atoms with Gasteiger partial charge in [0, 0.05) is 18.0 Å². The van der Waals surface area contributed by atoms with Crippen LogP contribution in [0.25, 0.3) is 0 Å². The second-order valence-electron chi connectivity index (χ2n) is 6.88. The van der Waals surface area contributed by atoms with Crippen molar-refractivity contribution >= 4 is 17.6 Å². The molecule has 2 N–H and O–H groups in total. The Morgan fingerprint density at radius 2 is 2.03 bits per heavy atom. The number of nitrogens with zero attached hydrogens (tertiary/aromatic N) is 2. The van der Waals surface area contributed by atoms with E-state index in [1.807, 2.05) is 37.3 Å². The molecule has 0 atom stereocenters. The van der Waals surface area contributed by atoms with Gasteiger partial charge < -0.3 is 19.5 Å². The fourth-order valence-corrected chi connectivity index (χ4v) is 3.04. The third-order valence-corrected chi connectivity index (χ3v) is 4.62. The monoisotopic (exact) mass is 418 g/mol. The van der Waals surface area contributed by atoms with Gasteiger partial charge in [-0.25, -0.2) is 4.99 Å². The Morgan fingerprint density at radius 1 is 1.16 bits per heavy atom. The Balaban J connectivity index is 1.59. The van der Waals surface area contributed by atoms with Crippen LogP contribution in [0.1, 0.15) is 21.5 Å². The number of aliphatic imine (C=N–C) groups is 1. The first kappa shape index (κ1) is 20.2. The molecule has 1 aromatic heterocycles. The van der Waals surface area contributed by atoms with Gasteiger partial charge in [0.15, 0.2) is 11.5 Å². The standard InChI is InChI=1S/C23H22N4O4/c1-15-5-7-19(29-2)18(10-15)26-23(25-13-16-4-3-9-24-12-16)27-22(28)17-6-8-20-21(11-17)31-14-30-20/h3-12H,13-14H2,1-2H3,(H2,25,26,27,28). The molecule has 3 aromatic rings. The van der Waals surface area contributed by atoms with Crippen molar-refractivity contribution in [2.45, 2.75) is 13.5 Å². The highest BCUT2D eigenvalue weighted by Crippen LogP contribution is 2.32. The smallest absolute Gasteiger partial charge is 0.258 e. The Kier molecular flexibility index (Phi) is 5.98. The first-order valence-corrected chi connectivity index (χ1v) is 9.68. The minimum atomic E-state index is -0.331. The Morgan fingerprint density at radius 3 is 2.84 bits per heavy atom. The second-order valence-corrected chi connectivity index (χ2v) is 6.88. The molecule has 0 spiro atoms. The number of aryl methyl sites for hydroxylation is 1. The number of carbonyl (C=O) groups excluding carboxylic acids is 1. The summed E-state index contributed by atoms with van der Waals surface area (Å²) in [6.45, 7) is 2.46. The van der Waals surface area contributed by atoms with Crippen molar-refractivity contribution in [3.63, 3.8) is 0 Å². The number of benzene rings is 2. The molecule has 0 unspecified atom stereocenters. The molecule has 0 fully saturated rings. The zero-order chi connectivity index (χ0) is 21.6. The lowest BCUT2D eigenvalue weighted by molar-refractivity contribution is 0.0976. The number of pyridine rings is 1. The number of hydrogen-bond donors (Lipinski definition) is 2. The first-order chi connectivity index (χ1) is 15.1. The molecule has 0 bridgehead atoms. The van der Waals surface area contributed by atoms with Crippen molar-refractivity contribution in [1.82, 2.24) is 10.3 Å². The van der Waals surface area contributed by atoms with E-state index in [0.717, 1.165) is 11.1 Å². The van der Waals surface area contributed by atoms with Gasteiger partial charge in [-0.15, -0.1) is 0 Å². The second kappa shape index (κ2) is 9.17. The molecule has 0 saturated carbocycles. The van der Waals surface area contributed by atoms with E-state index in [9.17, 15) is 4.79 Å². The zero-order valence-electron chi connectivity index (χ0n) is 17.2. The Labute approximate surface area is 179 Å². The van der Waals surface area contributed by atoms with Crippen molar-refractivity contribution in [3.8, 4) is 17.2 Å². The number of rotatable bonds is 5. The summed E-state index contributed by atoms with van der Waals surface area (Å²) < 4.78 is 16.1. The lowest BCUT2D eigenvalue weighted by Crippen LogP contribution is -2.36. The van der Waals surface area contributed by atoms with E-state index in [1.165, 1.54) is 0 Å². The van der Waals surface area contributed by atoms with E-state index in [-0.39, 0.29) is 18.7 Å². The summed E-state index contributed by atoms with van der Waals surface area (Å²) in [7, 11) is 1.59. The maximum atomic E-state index is 12.9. The van der Waals surface area contributed by atoms with Gasteiger partial charge in [-0.05, 0) is 54.4 Å². The van der Waals surface area contributed by atoms with Crippen molar-refractivity contribution in [2.24, 2.45) is 4.99 Å². The Bertz CT molecular complexity index is 1120. The average Bonchev–Trinajstić information content (AvgIpc) is 3.26. The predicted octanol–water partition coefficient (Wildman–Crippen LogP) is 3.53. The molecule has 1 amide bonds. The normalized spacial score (nSPS) is 12.4. The highest BCUT2D eigenvalue weighted by molar-refractivity contribution is 6.10. The number of aromatic nitrogens is 1. The van der Waals surface area contributed by atoms with E-state index in [2.05, 4.69) is 20.6 Å². The van der Waals surface area contributed by atoms with E-state index >= 15 is 0 Å². The van der Waals surface area contributed by atoms with Gasteiger partial charge in [-0.1, -0.05) is 12.1 Å². The summed E-state index contributed by atoms with van der Waals surface area (Å²) in [5.74, 6) is 1.74. The number of ether oxygens (including phenoxy) is 3. The van der Waals surface area contributed by atoms with E-state index in [1.54, 1.807) is 37.7 Å². The molecule has 1 aliphatic heterocycles. The van der Waals surface area contributed by atoms with Crippen LogP contribution in [0.4, 0.5) is 5.69 Å². The van der Waals surface area contributed by atoms with Crippen LogP contribution in [-0.2, 0) is 6.54 Å². The first-order valence-electron chi connectivity index (χ1n) is 9.68. The fourth-order valence-electron chi connectivity index (χ4n) is 3.04. The van der Waals surface area contributed by atoms with Gasteiger partial charge >= 0.3 is 0 Å². The number of fused-ring (bicyclic) bond motifs is 1. The van der Waals surface area contributed by atoms with Gasteiger partial charge in [0.1, 0.15) is 5.75 Å². The molecule has 8 nitrogen and oxygen atoms in total. The SMILES string of the molecule is COc1ccc(C)cc1NC(=NCc1cccnc1)NC(=O)c1ccc2c(c1)OCO2. The topological polar surface area (TPSA) is 94.1 Å². The van der Waals surface area contributed by atoms with E-state index < -0.39 is 0 Å². The molecular weight excluding hydrogens is 396 g/mol. The lowest BCUT2D eigenvalue weighted by atomic mass is 10.2. The summed E-state index contributed by atoms with van der Waals surface area (Å²) in [5.41, 5.74) is 3.07. The molecule has 0 aliphatic carbocycles. The predicted molar refractivity (Wildman–Crippen MR) is 117 cm³/mol. The van der Waals surface area contributed by atoms with Crippen LogP contribution in [0.5, 0.6) is 17.2 Å². The summed E-state index contributed by atoms with van der Waals surface area (Å²) in [6.07, 6.45) is 3.43. The number of hydrogen-bond acceptors (Lipinski definition) is 6. The molecule has 4 rings (SSSR count). The van der Waals surface area contributed by atoms with Crippen LogP contribution in [-0.4, -0.2) is 30.8 Å². The maximum Gasteiger partial charge on any atom is 0.258 e. The third kappa shape index (κ3) is 4.92. The van der Waals surface area contributed by atoms with Crippen LogP contribution in [0, 0.1) is 6.92 Å². The minimum absolute atomic E-state index is 0.146. The summed E-state index contributed by atoms with van der Waals surface area (Å²) in [5, 5.41) is 6.02. The minimum Gasteiger partial charge on any atom is -0.495 e. The third-order valence-electron chi connectivity index (χ3n) is 4.62. The Hall–Kier alpha value is -4.07. The van der Waals surface area contributed by atoms with Crippen molar-refractivity contribution in [1.29, 1.82) is 0 Å². The molecular formula is C23H22N4O4. The van der Waals surface area contributed by atoms with Crippen LogP contribution >= 0.6 is 0 Å². The number of guanidine groups is 1. The highest BCUT2D eigenvalue weighted by Gasteiger charge is 2.17. The number of methoxy groups -OCH3 is 1. The van der Waals surface area contributed by atoms with Crippen LogP contribution in [0.3, 0.4) is 0 Å². The van der Waals surface area contributed by atoms with Gasteiger partial charge in [0.2, 0.25) is 12.8 Å². The lowest BCUT2D eigenvalue weighted by Gasteiger charge is -2.15. The molecule has 158 valence electrons. The van der Waals surface area contributed by atoms with Gasteiger partial charge in [-0.3, -0.25) is 15.1 Å². The summed E-state index contributed by atoms with van der Waals surface area (Å²) >= 11 is 0. The van der Waals surface area contributed by atoms with E-state index in [0.29, 0.717) is 35.0 Å².